The Hall–Kier alpha value is -1.96. The van der Waals surface area contributed by atoms with Crippen LogP contribution in [0.5, 0.6) is 5.75 Å². The molecule has 0 radical (unpaired) electrons. The number of esters is 1. The van der Waals surface area contributed by atoms with Crippen molar-refractivity contribution in [3.8, 4) is 5.75 Å². The predicted octanol–water partition coefficient (Wildman–Crippen LogP) is -0.832. The SMILES string of the molecule is COC1(Cc2ccc(O)cc2)C(=O)OC(C(O)CO)C1=O. The number of aromatic hydroxyl groups is 1. The van der Waals surface area contributed by atoms with E-state index >= 15 is 0 Å². The molecule has 3 atom stereocenters. The fraction of sp³-hybridized carbons (Fsp3) is 0.429. The number of benzene rings is 1. The molecule has 1 heterocycles. The molecule has 1 saturated heterocycles. The maximum atomic E-state index is 12.3. The highest BCUT2D eigenvalue weighted by Gasteiger charge is 2.59. The Bertz CT molecular complexity index is 539. The number of phenolic OH excluding ortho intramolecular Hbond substituents is 1. The number of aliphatic hydroxyl groups is 2. The van der Waals surface area contributed by atoms with Gasteiger partial charge in [-0.1, -0.05) is 12.1 Å². The summed E-state index contributed by atoms with van der Waals surface area (Å²) in [7, 11) is 1.20. The summed E-state index contributed by atoms with van der Waals surface area (Å²) in [6.45, 7) is -0.706. The maximum Gasteiger partial charge on any atom is 0.347 e. The van der Waals surface area contributed by atoms with Crippen molar-refractivity contribution in [3.05, 3.63) is 29.8 Å². The van der Waals surface area contributed by atoms with Crippen molar-refractivity contribution >= 4 is 11.8 Å². The Labute approximate surface area is 120 Å². The zero-order chi connectivity index (χ0) is 15.6. The Balaban J connectivity index is 2.30. The normalized spacial score (nSPS) is 26.7. The number of methoxy groups -OCH3 is 1. The summed E-state index contributed by atoms with van der Waals surface area (Å²) < 4.78 is 9.96. The standard InChI is InChI=1S/C14H16O7/c1-20-14(6-8-2-4-9(16)5-3-8)12(18)11(10(17)7-15)21-13(14)19/h2-5,10-11,15-17H,6-7H2,1H3. The van der Waals surface area contributed by atoms with Gasteiger partial charge in [0.25, 0.3) is 0 Å². The van der Waals surface area contributed by atoms with Crippen LogP contribution in [0.2, 0.25) is 0 Å². The first kappa shape index (κ1) is 15.4. The smallest absolute Gasteiger partial charge is 0.347 e. The molecule has 0 aliphatic carbocycles. The minimum absolute atomic E-state index is 0.0547. The number of ether oxygens (including phenoxy) is 2. The van der Waals surface area contributed by atoms with E-state index < -0.39 is 36.2 Å². The fourth-order valence-corrected chi connectivity index (χ4v) is 2.26. The number of carbonyl (C=O) groups is 2. The van der Waals surface area contributed by atoms with Crippen LogP contribution in [-0.2, 0) is 25.5 Å². The Kier molecular flexibility index (Phi) is 4.26. The van der Waals surface area contributed by atoms with E-state index in [1.165, 1.54) is 19.2 Å². The molecule has 1 fully saturated rings. The molecule has 0 saturated carbocycles. The summed E-state index contributed by atoms with van der Waals surface area (Å²) in [4.78, 5) is 24.4. The van der Waals surface area contributed by atoms with Gasteiger partial charge in [-0.15, -0.1) is 0 Å². The van der Waals surface area contributed by atoms with E-state index in [0.29, 0.717) is 5.56 Å². The lowest BCUT2D eigenvalue weighted by atomic mass is 9.88. The number of hydrogen-bond donors (Lipinski definition) is 3. The van der Waals surface area contributed by atoms with Crippen LogP contribution < -0.4 is 0 Å². The molecule has 21 heavy (non-hydrogen) atoms. The average Bonchev–Trinajstić information content (AvgIpc) is 2.73. The second-order valence-corrected chi connectivity index (χ2v) is 4.81. The van der Waals surface area contributed by atoms with Crippen molar-refractivity contribution in [1.82, 2.24) is 0 Å². The van der Waals surface area contributed by atoms with Crippen LogP contribution in [0.4, 0.5) is 0 Å². The molecule has 1 aromatic rings. The molecule has 7 heteroatoms. The summed E-state index contributed by atoms with van der Waals surface area (Å²) in [5.41, 5.74) is -1.27. The van der Waals surface area contributed by atoms with Crippen LogP contribution in [0.3, 0.4) is 0 Å². The summed E-state index contributed by atoms with van der Waals surface area (Å²) in [6, 6.07) is 5.94. The summed E-state index contributed by atoms with van der Waals surface area (Å²) in [6.07, 6.45) is -3.02. The van der Waals surface area contributed by atoms with Crippen molar-refractivity contribution in [3.63, 3.8) is 0 Å². The van der Waals surface area contributed by atoms with Crippen LogP contribution in [0.25, 0.3) is 0 Å². The summed E-state index contributed by atoms with van der Waals surface area (Å²) >= 11 is 0. The van der Waals surface area contributed by atoms with Gasteiger partial charge in [0.15, 0.2) is 6.10 Å². The second-order valence-electron chi connectivity index (χ2n) is 4.81. The highest BCUT2D eigenvalue weighted by atomic mass is 16.6. The lowest BCUT2D eigenvalue weighted by molar-refractivity contribution is -0.160. The molecule has 1 aliphatic rings. The van der Waals surface area contributed by atoms with E-state index in [0.717, 1.165) is 0 Å². The number of cyclic esters (lactones) is 1. The third-order valence-electron chi connectivity index (χ3n) is 3.49. The van der Waals surface area contributed by atoms with Crippen molar-refractivity contribution in [2.45, 2.75) is 24.2 Å². The Morgan fingerprint density at radius 3 is 2.48 bits per heavy atom. The van der Waals surface area contributed by atoms with Crippen LogP contribution >= 0.6 is 0 Å². The average molecular weight is 296 g/mol. The van der Waals surface area contributed by atoms with Crippen LogP contribution in [-0.4, -0.2) is 58.6 Å². The van der Waals surface area contributed by atoms with E-state index in [-0.39, 0.29) is 12.2 Å². The molecule has 0 amide bonds. The summed E-state index contributed by atoms with van der Waals surface area (Å²) in [5, 5.41) is 27.7. The summed E-state index contributed by atoms with van der Waals surface area (Å²) in [5.74, 6) is -1.58. The lowest BCUT2D eigenvalue weighted by Crippen LogP contribution is -2.48. The predicted molar refractivity (Wildman–Crippen MR) is 69.5 cm³/mol. The maximum absolute atomic E-state index is 12.3. The molecule has 0 bridgehead atoms. The highest BCUT2D eigenvalue weighted by molar-refractivity contribution is 6.14. The number of rotatable bonds is 5. The van der Waals surface area contributed by atoms with Gasteiger partial charge in [-0.3, -0.25) is 4.79 Å². The minimum Gasteiger partial charge on any atom is -0.508 e. The van der Waals surface area contributed by atoms with Crippen molar-refractivity contribution in [2.75, 3.05) is 13.7 Å². The third kappa shape index (κ3) is 2.63. The van der Waals surface area contributed by atoms with Crippen molar-refractivity contribution in [1.29, 1.82) is 0 Å². The molecule has 0 spiro atoms. The van der Waals surface area contributed by atoms with Crippen LogP contribution in [0.15, 0.2) is 24.3 Å². The molecule has 7 nitrogen and oxygen atoms in total. The zero-order valence-electron chi connectivity index (χ0n) is 11.4. The van der Waals surface area contributed by atoms with E-state index in [9.17, 15) is 19.8 Å². The minimum atomic E-state index is -1.85. The Morgan fingerprint density at radius 2 is 1.95 bits per heavy atom. The third-order valence-corrected chi connectivity index (χ3v) is 3.49. The van der Waals surface area contributed by atoms with Gasteiger partial charge < -0.3 is 24.8 Å². The van der Waals surface area contributed by atoms with Gasteiger partial charge in [-0.25, -0.2) is 4.79 Å². The second kappa shape index (κ2) is 5.80. The van der Waals surface area contributed by atoms with Crippen molar-refractivity contribution in [2.24, 2.45) is 0 Å². The van der Waals surface area contributed by atoms with Crippen LogP contribution in [0, 0.1) is 0 Å². The first-order chi connectivity index (χ1) is 9.94. The number of ketones is 1. The Morgan fingerprint density at radius 1 is 1.33 bits per heavy atom. The number of carbonyl (C=O) groups excluding carboxylic acids is 2. The number of Topliss-reactive ketones (excluding diaryl/α,β-unsaturated/α-hetero) is 1. The topological polar surface area (TPSA) is 113 Å². The van der Waals surface area contributed by atoms with E-state index in [4.69, 9.17) is 14.6 Å². The fourth-order valence-electron chi connectivity index (χ4n) is 2.26. The molecule has 3 N–H and O–H groups in total. The van der Waals surface area contributed by atoms with Gasteiger partial charge >= 0.3 is 5.97 Å². The molecule has 1 aromatic carbocycles. The van der Waals surface area contributed by atoms with Gasteiger partial charge in [0.2, 0.25) is 11.4 Å². The van der Waals surface area contributed by atoms with E-state index in [1.54, 1.807) is 12.1 Å². The molecular weight excluding hydrogens is 280 g/mol. The molecule has 1 aliphatic heterocycles. The van der Waals surface area contributed by atoms with Gasteiger partial charge in [0.05, 0.1) is 6.61 Å². The molecule has 3 unspecified atom stereocenters. The molecular formula is C14H16O7. The quantitative estimate of drug-likeness (QED) is 0.480. The van der Waals surface area contributed by atoms with Crippen LogP contribution in [0.1, 0.15) is 5.56 Å². The number of aliphatic hydroxyl groups excluding tert-OH is 2. The van der Waals surface area contributed by atoms with Gasteiger partial charge in [0, 0.05) is 13.5 Å². The number of hydrogen-bond acceptors (Lipinski definition) is 7. The number of phenols is 1. The lowest BCUT2D eigenvalue weighted by Gasteiger charge is -2.22. The first-order valence-corrected chi connectivity index (χ1v) is 6.32. The van der Waals surface area contributed by atoms with Crippen molar-refractivity contribution < 1.29 is 34.4 Å². The molecule has 114 valence electrons. The van der Waals surface area contributed by atoms with E-state index in [1.807, 2.05) is 0 Å². The van der Waals surface area contributed by atoms with E-state index in [2.05, 4.69) is 0 Å². The zero-order valence-corrected chi connectivity index (χ0v) is 11.4. The van der Waals surface area contributed by atoms with Gasteiger partial charge in [-0.05, 0) is 17.7 Å². The highest BCUT2D eigenvalue weighted by Crippen LogP contribution is 2.31. The molecule has 0 aromatic heterocycles. The largest absolute Gasteiger partial charge is 0.508 e. The monoisotopic (exact) mass is 296 g/mol. The van der Waals surface area contributed by atoms with Gasteiger partial charge in [-0.2, -0.15) is 0 Å². The first-order valence-electron chi connectivity index (χ1n) is 6.32. The molecule has 2 rings (SSSR count). The van der Waals surface area contributed by atoms with Gasteiger partial charge in [0.1, 0.15) is 11.9 Å².